The lowest BCUT2D eigenvalue weighted by Crippen LogP contribution is -2.30. The van der Waals surface area contributed by atoms with E-state index < -0.39 is 5.97 Å². The third-order valence-electron chi connectivity index (χ3n) is 2.59. The molecule has 1 saturated heterocycles. The van der Waals surface area contributed by atoms with Crippen LogP contribution in [0.5, 0.6) is 0 Å². The number of rotatable bonds is 4. The van der Waals surface area contributed by atoms with E-state index in [4.69, 9.17) is 4.42 Å². The average Bonchev–Trinajstić information content (AvgIpc) is 2.94. The molecular weight excluding hydrogens is 224 g/mol. The number of hydrogen-bond donors (Lipinski definition) is 2. The fraction of sp³-hybridized carbons (Fsp3) is 0.455. The van der Waals surface area contributed by atoms with Gasteiger partial charge in [-0.25, -0.2) is 4.79 Å². The number of carbonyl (C=O) groups excluding carboxylic acids is 2. The summed E-state index contributed by atoms with van der Waals surface area (Å²) >= 11 is 0. The number of nitrogens with one attached hydrogen (secondary N) is 2. The Hall–Kier alpha value is -1.82. The van der Waals surface area contributed by atoms with Crippen molar-refractivity contribution in [2.24, 2.45) is 0 Å². The number of carbonyl (C=O) groups is 2. The summed E-state index contributed by atoms with van der Waals surface area (Å²) in [6.07, 6.45) is 0.477. The molecule has 0 spiro atoms. The molecule has 6 heteroatoms. The molecular formula is C11H14N2O4. The molecule has 1 amide bonds. The minimum atomic E-state index is -0.492. The standard InChI is InChI=1S/C11H14N2O4/c1-16-11(15)9-3-2-8(17-9)6-12-7-4-10(14)13-5-7/h2-3,7,12H,4-6H2,1H3,(H,13,14). The second-order valence-electron chi connectivity index (χ2n) is 3.84. The molecule has 0 saturated carbocycles. The van der Waals surface area contributed by atoms with E-state index in [0.29, 0.717) is 25.3 Å². The summed E-state index contributed by atoms with van der Waals surface area (Å²) in [6, 6.07) is 3.40. The topological polar surface area (TPSA) is 80.6 Å². The van der Waals surface area contributed by atoms with Crippen LogP contribution in [0.4, 0.5) is 0 Å². The maximum Gasteiger partial charge on any atom is 0.373 e. The van der Waals surface area contributed by atoms with Crippen molar-refractivity contribution in [1.82, 2.24) is 10.6 Å². The molecule has 2 rings (SSSR count). The molecule has 1 unspecified atom stereocenters. The summed E-state index contributed by atoms with van der Waals surface area (Å²) in [5, 5.41) is 5.90. The highest BCUT2D eigenvalue weighted by Gasteiger charge is 2.21. The summed E-state index contributed by atoms with van der Waals surface area (Å²) in [7, 11) is 1.30. The van der Waals surface area contributed by atoms with Crippen LogP contribution in [0.3, 0.4) is 0 Å². The molecule has 1 aromatic heterocycles. The third kappa shape index (κ3) is 2.85. The lowest BCUT2D eigenvalue weighted by atomic mass is 10.2. The SMILES string of the molecule is COC(=O)c1ccc(CNC2CNC(=O)C2)o1. The van der Waals surface area contributed by atoms with E-state index in [1.54, 1.807) is 12.1 Å². The average molecular weight is 238 g/mol. The molecule has 0 aliphatic carbocycles. The number of furan rings is 1. The van der Waals surface area contributed by atoms with E-state index in [2.05, 4.69) is 15.4 Å². The van der Waals surface area contributed by atoms with Gasteiger partial charge in [0.1, 0.15) is 5.76 Å². The van der Waals surface area contributed by atoms with Gasteiger partial charge < -0.3 is 19.8 Å². The van der Waals surface area contributed by atoms with Gasteiger partial charge in [0.15, 0.2) is 0 Å². The maximum absolute atomic E-state index is 11.1. The highest BCUT2D eigenvalue weighted by Crippen LogP contribution is 2.09. The number of methoxy groups -OCH3 is 1. The number of ether oxygens (including phenoxy) is 1. The molecule has 17 heavy (non-hydrogen) atoms. The van der Waals surface area contributed by atoms with Crippen LogP contribution < -0.4 is 10.6 Å². The van der Waals surface area contributed by atoms with Crippen LogP contribution in [0.25, 0.3) is 0 Å². The summed E-state index contributed by atoms with van der Waals surface area (Å²) < 4.78 is 9.81. The molecule has 1 atom stereocenters. The molecule has 0 bridgehead atoms. The van der Waals surface area contributed by atoms with E-state index in [1.807, 2.05) is 0 Å². The van der Waals surface area contributed by atoms with E-state index in [-0.39, 0.29) is 17.7 Å². The van der Waals surface area contributed by atoms with Gasteiger partial charge in [-0.05, 0) is 12.1 Å². The summed E-state index contributed by atoms with van der Waals surface area (Å²) in [4.78, 5) is 22.1. The first kappa shape index (κ1) is 11.7. The fourth-order valence-electron chi connectivity index (χ4n) is 1.68. The van der Waals surface area contributed by atoms with Gasteiger partial charge in [-0.1, -0.05) is 0 Å². The quantitative estimate of drug-likeness (QED) is 0.724. The van der Waals surface area contributed by atoms with Crippen LogP contribution in [0.15, 0.2) is 16.5 Å². The first-order chi connectivity index (χ1) is 8.19. The lowest BCUT2D eigenvalue weighted by molar-refractivity contribution is -0.119. The smallest absolute Gasteiger partial charge is 0.373 e. The van der Waals surface area contributed by atoms with Crippen molar-refractivity contribution < 1.29 is 18.7 Å². The second-order valence-corrected chi connectivity index (χ2v) is 3.84. The van der Waals surface area contributed by atoms with Crippen molar-refractivity contribution in [2.45, 2.75) is 19.0 Å². The normalized spacial score (nSPS) is 19.1. The maximum atomic E-state index is 11.1. The van der Waals surface area contributed by atoms with Crippen molar-refractivity contribution >= 4 is 11.9 Å². The highest BCUT2D eigenvalue weighted by atomic mass is 16.5. The van der Waals surface area contributed by atoms with E-state index in [0.717, 1.165) is 0 Å². The Morgan fingerprint density at radius 1 is 1.65 bits per heavy atom. The zero-order valence-electron chi connectivity index (χ0n) is 9.49. The van der Waals surface area contributed by atoms with Gasteiger partial charge >= 0.3 is 5.97 Å². The first-order valence-corrected chi connectivity index (χ1v) is 5.36. The number of hydrogen-bond acceptors (Lipinski definition) is 5. The molecule has 1 aliphatic rings. The van der Waals surface area contributed by atoms with Crippen molar-refractivity contribution in [2.75, 3.05) is 13.7 Å². The Kier molecular flexibility index (Phi) is 3.43. The number of amides is 1. The Morgan fingerprint density at radius 2 is 2.47 bits per heavy atom. The van der Waals surface area contributed by atoms with Crippen molar-refractivity contribution in [1.29, 1.82) is 0 Å². The van der Waals surface area contributed by atoms with Crippen LogP contribution in [0.1, 0.15) is 22.7 Å². The molecule has 0 aromatic carbocycles. The highest BCUT2D eigenvalue weighted by molar-refractivity contribution is 5.86. The monoisotopic (exact) mass is 238 g/mol. The van der Waals surface area contributed by atoms with E-state index in [1.165, 1.54) is 7.11 Å². The van der Waals surface area contributed by atoms with Crippen LogP contribution in [-0.4, -0.2) is 31.6 Å². The van der Waals surface area contributed by atoms with Gasteiger partial charge in [-0.15, -0.1) is 0 Å². The van der Waals surface area contributed by atoms with Gasteiger partial charge in [-0.2, -0.15) is 0 Å². The van der Waals surface area contributed by atoms with Crippen molar-refractivity contribution in [3.8, 4) is 0 Å². The molecule has 2 heterocycles. The molecule has 2 N–H and O–H groups in total. The van der Waals surface area contributed by atoms with Crippen molar-refractivity contribution in [3.05, 3.63) is 23.7 Å². The van der Waals surface area contributed by atoms with Gasteiger partial charge in [0.25, 0.3) is 0 Å². The van der Waals surface area contributed by atoms with Crippen LogP contribution >= 0.6 is 0 Å². The summed E-state index contributed by atoms with van der Waals surface area (Å²) in [6.45, 7) is 1.11. The Labute approximate surface area is 98.3 Å². The molecule has 6 nitrogen and oxygen atoms in total. The van der Waals surface area contributed by atoms with Crippen LogP contribution in [0.2, 0.25) is 0 Å². The fourth-order valence-corrected chi connectivity index (χ4v) is 1.68. The van der Waals surface area contributed by atoms with Gasteiger partial charge in [0.05, 0.1) is 13.7 Å². The predicted octanol–water partition coefficient (Wildman–Crippen LogP) is 0.0443. The minimum Gasteiger partial charge on any atom is -0.463 e. The Bertz CT molecular complexity index is 427. The Balaban J connectivity index is 1.85. The summed E-state index contributed by atoms with van der Waals surface area (Å²) in [5.41, 5.74) is 0. The minimum absolute atomic E-state index is 0.0530. The van der Waals surface area contributed by atoms with Gasteiger partial charge in [-0.3, -0.25) is 4.79 Å². The summed E-state index contributed by atoms with van der Waals surface area (Å²) in [5.74, 6) is 0.390. The second kappa shape index (κ2) is 5.01. The van der Waals surface area contributed by atoms with Crippen molar-refractivity contribution in [3.63, 3.8) is 0 Å². The first-order valence-electron chi connectivity index (χ1n) is 5.36. The van der Waals surface area contributed by atoms with Gasteiger partial charge in [0.2, 0.25) is 11.7 Å². The Morgan fingerprint density at radius 3 is 3.12 bits per heavy atom. The third-order valence-corrected chi connectivity index (χ3v) is 2.59. The molecule has 1 fully saturated rings. The molecule has 1 aromatic rings. The van der Waals surface area contributed by atoms with Gasteiger partial charge in [0, 0.05) is 19.0 Å². The largest absolute Gasteiger partial charge is 0.463 e. The number of esters is 1. The zero-order valence-corrected chi connectivity index (χ0v) is 9.49. The predicted molar refractivity (Wildman–Crippen MR) is 58.3 cm³/mol. The van der Waals surface area contributed by atoms with E-state index >= 15 is 0 Å². The lowest BCUT2D eigenvalue weighted by Gasteiger charge is -2.07. The van der Waals surface area contributed by atoms with Crippen LogP contribution in [0, 0.1) is 0 Å². The van der Waals surface area contributed by atoms with Crippen LogP contribution in [-0.2, 0) is 16.1 Å². The zero-order chi connectivity index (χ0) is 12.3. The molecule has 92 valence electrons. The molecule has 0 radical (unpaired) electrons. The molecule has 1 aliphatic heterocycles. The van der Waals surface area contributed by atoms with E-state index in [9.17, 15) is 9.59 Å².